The Kier molecular flexibility index (Phi) is 4.58. The lowest BCUT2D eigenvalue weighted by molar-refractivity contribution is 0.390. The predicted molar refractivity (Wildman–Crippen MR) is 64.0 cm³/mol. The highest BCUT2D eigenvalue weighted by Gasteiger charge is 2.06. The molecule has 3 heteroatoms. The normalized spacial score (nSPS) is 13.5. The molecule has 0 saturated heterocycles. The van der Waals surface area contributed by atoms with Gasteiger partial charge in [0, 0.05) is 28.9 Å². The van der Waals surface area contributed by atoms with E-state index in [0.717, 1.165) is 13.1 Å². The second kappa shape index (κ2) is 5.49. The van der Waals surface area contributed by atoms with Crippen molar-refractivity contribution < 1.29 is 0 Å². The van der Waals surface area contributed by atoms with Crippen molar-refractivity contribution in [1.82, 2.24) is 10.2 Å². The van der Waals surface area contributed by atoms with Crippen molar-refractivity contribution in [1.29, 1.82) is 0 Å². The van der Waals surface area contributed by atoms with Gasteiger partial charge in [0.1, 0.15) is 0 Å². The summed E-state index contributed by atoms with van der Waals surface area (Å²) >= 11 is 1.88. The fourth-order valence-corrected chi connectivity index (χ4v) is 2.20. The highest BCUT2D eigenvalue weighted by Crippen LogP contribution is 2.21. The molecule has 80 valence electrons. The maximum Gasteiger partial charge on any atom is 0.0386 e. The van der Waals surface area contributed by atoms with Gasteiger partial charge in [0.05, 0.1) is 0 Å². The Hall–Kier alpha value is -0.380. The maximum absolute atomic E-state index is 3.51. The molecule has 14 heavy (non-hydrogen) atoms. The molecule has 0 fully saturated rings. The standard InChI is InChI=1S/C11H20N2S/c1-9-5-6-11(14-9)10(2)12-7-8-13(3)4/h5-6,10,12H,7-8H2,1-4H3. The molecule has 1 heterocycles. The first-order valence-corrected chi connectivity index (χ1v) is 5.85. The van der Waals surface area contributed by atoms with Crippen LogP contribution in [0.2, 0.25) is 0 Å². The number of nitrogens with zero attached hydrogens (tertiary/aromatic N) is 1. The Bertz CT molecular complexity index is 268. The fourth-order valence-electron chi connectivity index (χ4n) is 1.29. The van der Waals surface area contributed by atoms with Crippen molar-refractivity contribution in [3.05, 3.63) is 21.9 Å². The molecular weight excluding hydrogens is 192 g/mol. The van der Waals surface area contributed by atoms with Gasteiger partial charge >= 0.3 is 0 Å². The van der Waals surface area contributed by atoms with Crippen molar-refractivity contribution in [3.63, 3.8) is 0 Å². The molecule has 1 atom stereocenters. The number of hydrogen-bond acceptors (Lipinski definition) is 3. The zero-order valence-electron chi connectivity index (χ0n) is 9.50. The molecule has 1 aromatic rings. The number of rotatable bonds is 5. The average Bonchev–Trinajstić information content (AvgIpc) is 2.51. The predicted octanol–water partition coefficient (Wildman–Crippen LogP) is 2.27. The Labute approximate surface area is 90.9 Å². The third-order valence-electron chi connectivity index (χ3n) is 2.20. The van der Waals surface area contributed by atoms with Crippen LogP contribution >= 0.6 is 11.3 Å². The largest absolute Gasteiger partial charge is 0.308 e. The first kappa shape index (κ1) is 11.7. The van der Waals surface area contributed by atoms with Crippen LogP contribution in [-0.4, -0.2) is 32.1 Å². The molecule has 1 unspecified atom stereocenters. The van der Waals surface area contributed by atoms with Crippen molar-refractivity contribution in [2.24, 2.45) is 0 Å². The topological polar surface area (TPSA) is 15.3 Å². The summed E-state index contributed by atoms with van der Waals surface area (Å²) in [5, 5.41) is 3.51. The van der Waals surface area contributed by atoms with E-state index in [2.05, 4.69) is 50.3 Å². The Balaban J connectivity index is 2.32. The molecule has 0 amide bonds. The zero-order chi connectivity index (χ0) is 10.6. The van der Waals surface area contributed by atoms with Crippen molar-refractivity contribution in [2.45, 2.75) is 19.9 Å². The van der Waals surface area contributed by atoms with Crippen molar-refractivity contribution in [3.8, 4) is 0 Å². The van der Waals surface area contributed by atoms with Crippen molar-refractivity contribution in [2.75, 3.05) is 27.2 Å². The van der Waals surface area contributed by atoms with Crippen LogP contribution in [0.15, 0.2) is 12.1 Å². The molecule has 0 aliphatic carbocycles. The Morgan fingerprint density at radius 2 is 2.14 bits per heavy atom. The summed E-state index contributed by atoms with van der Waals surface area (Å²) in [5.41, 5.74) is 0. The SMILES string of the molecule is Cc1ccc(C(C)NCCN(C)C)s1. The first-order valence-electron chi connectivity index (χ1n) is 5.04. The lowest BCUT2D eigenvalue weighted by Gasteiger charge is -2.14. The van der Waals surface area contributed by atoms with E-state index in [1.165, 1.54) is 9.75 Å². The molecule has 1 N–H and O–H groups in total. The fraction of sp³-hybridized carbons (Fsp3) is 0.636. The minimum Gasteiger partial charge on any atom is -0.308 e. The van der Waals surface area contributed by atoms with Crippen LogP contribution in [0.3, 0.4) is 0 Å². The van der Waals surface area contributed by atoms with Crippen molar-refractivity contribution >= 4 is 11.3 Å². The number of likely N-dealkylation sites (N-methyl/N-ethyl adjacent to an activating group) is 1. The third-order valence-corrected chi connectivity index (χ3v) is 3.38. The summed E-state index contributed by atoms with van der Waals surface area (Å²) in [6.07, 6.45) is 0. The molecule has 1 aromatic heterocycles. The minimum absolute atomic E-state index is 0.480. The van der Waals surface area contributed by atoms with Crippen LogP contribution in [0.1, 0.15) is 22.7 Å². The van der Waals surface area contributed by atoms with Crippen LogP contribution in [0, 0.1) is 6.92 Å². The molecule has 1 rings (SSSR count). The van der Waals surface area contributed by atoms with E-state index in [9.17, 15) is 0 Å². The van der Waals surface area contributed by atoms with Gasteiger partial charge in [-0.05, 0) is 40.1 Å². The van der Waals surface area contributed by atoms with Crippen LogP contribution in [0.5, 0.6) is 0 Å². The molecule has 0 spiro atoms. The van der Waals surface area contributed by atoms with Gasteiger partial charge in [0.2, 0.25) is 0 Å². The van der Waals surface area contributed by atoms with Crippen LogP contribution in [-0.2, 0) is 0 Å². The minimum atomic E-state index is 0.480. The van der Waals surface area contributed by atoms with E-state index in [0.29, 0.717) is 6.04 Å². The Morgan fingerprint density at radius 3 is 2.64 bits per heavy atom. The van der Waals surface area contributed by atoms with Crippen LogP contribution < -0.4 is 5.32 Å². The highest BCUT2D eigenvalue weighted by atomic mass is 32.1. The van der Waals surface area contributed by atoms with Crippen LogP contribution in [0.4, 0.5) is 0 Å². The van der Waals surface area contributed by atoms with E-state index < -0.39 is 0 Å². The van der Waals surface area contributed by atoms with Gasteiger partial charge in [-0.1, -0.05) is 0 Å². The number of hydrogen-bond donors (Lipinski definition) is 1. The van der Waals surface area contributed by atoms with E-state index >= 15 is 0 Å². The number of aryl methyl sites for hydroxylation is 1. The van der Waals surface area contributed by atoms with E-state index in [-0.39, 0.29) is 0 Å². The van der Waals surface area contributed by atoms with Gasteiger partial charge < -0.3 is 10.2 Å². The second-order valence-corrected chi connectivity index (χ2v) is 5.25. The van der Waals surface area contributed by atoms with E-state index in [4.69, 9.17) is 0 Å². The number of nitrogens with one attached hydrogen (secondary N) is 1. The van der Waals surface area contributed by atoms with Gasteiger partial charge in [-0.2, -0.15) is 0 Å². The summed E-state index contributed by atoms with van der Waals surface area (Å²) < 4.78 is 0. The van der Waals surface area contributed by atoms with Gasteiger partial charge in [-0.25, -0.2) is 0 Å². The van der Waals surface area contributed by atoms with Gasteiger partial charge in [0.15, 0.2) is 0 Å². The monoisotopic (exact) mass is 212 g/mol. The van der Waals surface area contributed by atoms with Gasteiger partial charge in [-0.15, -0.1) is 11.3 Å². The van der Waals surface area contributed by atoms with Gasteiger partial charge in [0.25, 0.3) is 0 Å². The smallest absolute Gasteiger partial charge is 0.0386 e. The average molecular weight is 212 g/mol. The summed E-state index contributed by atoms with van der Waals surface area (Å²) in [6, 6.07) is 4.88. The second-order valence-electron chi connectivity index (χ2n) is 3.93. The molecular formula is C11H20N2S. The van der Waals surface area contributed by atoms with Gasteiger partial charge in [-0.3, -0.25) is 0 Å². The molecule has 2 nitrogen and oxygen atoms in total. The van der Waals surface area contributed by atoms with E-state index in [1.54, 1.807) is 0 Å². The Morgan fingerprint density at radius 1 is 1.43 bits per heavy atom. The highest BCUT2D eigenvalue weighted by molar-refractivity contribution is 7.12. The zero-order valence-corrected chi connectivity index (χ0v) is 10.3. The summed E-state index contributed by atoms with van der Waals surface area (Å²) in [4.78, 5) is 5.02. The lowest BCUT2D eigenvalue weighted by atomic mass is 10.2. The molecule has 0 bridgehead atoms. The third kappa shape index (κ3) is 3.78. The molecule has 0 aromatic carbocycles. The lowest BCUT2D eigenvalue weighted by Crippen LogP contribution is -2.28. The molecule has 0 radical (unpaired) electrons. The van der Waals surface area contributed by atoms with E-state index in [1.807, 2.05) is 11.3 Å². The summed E-state index contributed by atoms with van der Waals surface area (Å²) in [6.45, 7) is 6.52. The molecule has 0 saturated carbocycles. The number of thiophene rings is 1. The summed E-state index contributed by atoms with van der Waals surface area (Å²) in [5.74, 6) is 0. The van der Waals surface area contributed by atoms with Crippen LogP contribution in [0.25, 0.3) is 0 Å². The quantitative estimate of drug-likeness (QED) is 0.805. The maximum atomic E-state index is 3.51. The summed E-state index contributed by atoms with van der Waals surface area (Å²) in [7, 11) is 4.20. The molecule has 0 aliphatic rings. The first-order chi connectivity index (χ1) is 6.59. The molecule has 0 aliphatic heterocycles.